The Balaban J connectivity index is 1.84. The number of rotatable bonds is 5. The number of nitrogens with zero attached hydrogens (tertiary/aromatic N) is 3. The van der Waals surface area contributed by atoms with Crippen molar-refractivity contribution in [2.45, 2.75) is 45.0 Å². The molecule has 0 aliphatic heterocycles. The summed E-state index contributed by atoms with van der Waals surface area (Å²) in [7, 11) is 1.91. The van der Waals surface area contributed by atoms with Crippen molar-refractivity contribution in [1.29, 1.82) is 0 Å². The van der Waals surface area contributed by atoms with E-state index in [0.29, 0.717) is 5.16 Å². The molecule has 26 heavy (non-hydrogen) atoms. The normalized spacial score (nSPS) is 12.4. The molecular weight excluding hydrogens is 346 g/mol. The van der Waals surface area contributed by atoms with Crippen LogP contribution in [0.1, 0.15) is 39.7 Å². The van der Waals surface area contributed by atoms with Gasteiger partial charge in [-0.25, -0.2) is 0 Å². The fourth-order valence-corrected chi connectivity index (χ4v) is 3.81. The zero-order valence-electron chi connectivity index (χ0n) is 16.0. The van der Waals surface area contributed by atoms with Crippen LogP contribution in [0, 0.1) is 27.7 Å². The monoisotopic (exact) mass is 369 g/mol. The third-order valence-corrected chi connectivity index (χ3v) is 5.83. The smallest absolute Gasteiger partial charge is 0.191 e. The van der Waals surface area contributed by atoms with Crippen LogP contribution in [0.15, 0.2) is 34.0 Å². The molecule has 3 aromatic rings. The molecule has 2 heterocycles. The average molecular weight is 369 g/mol. The van der Waals surface area contributed by atoms with Crippen LogP contribution in [-0.4, -0.2) is 25.8 Å². The van der Waals surface area contributed by atoms with Gasteiger partial charge in [0.1, 0.15) is 5.76 Å². The van der Waals surface area contributed by atoms with E-state index in [1.165, 1.54) is 17.3 Å². The van der Waals surface area contributed by atoms with Crippen molar-refractivity contribution in [2.75, 3.05) is 0 Å². The highest BCUT2D eigenvalue weighted by atomic mass is 32.2. The Labute approximate surface area is 157 Å². The van der Waals surface area contributed by atoms with Gasteiger partial charge in [-0.2, -0.15) is 0 Å². The molecule has 0 saturated carbocycles. The van der Waals surface area contributed by atoms with Gasteiger partial charge in [0.05, 0.1) is 17.1 Å². The number of thioether (sulfide) groups is 1. The minimum absolute atomic E-state index is 0.111. The molecule has 1 unspecified atom stereocenters. The summed E-state index contributed by atoms with van der Waals surface area (Å²) in [5.41, 5.74) is 5.04. The highest BCUT2D eigenvalue weighted by Gasteiger charge is 2.23. The molecule has 0 aliphatic rings. The van der Waals surface area contributed by atoms with Gasteiger partial charge < -0.3 is 8.98 Å². The number of carbonyl (C=O) groups excluding carboxylic acids is 1. The first-order valence-corrected chi connectivity index (χ1v) is 9.40. The Kier molecular flexibility index (Phi) is 5.05. The maximum atomic E-state index is 12.9. The minimum Gasteiger partial charge on any atom is -0.469 e. The molecule has 3 rings (SSSR count). The lowest BCUT2D eigenvalue weighted by molar-refractivity contribution is 0.0993. The third kappa shape index (κ3) is 3.33. The molecule has 136 valence electrons. The van der Waals surface area contributed by atoms with E-state index in [1.54, 1.807) is 6.26 Å². The summed E-state index contributed by atoms with van der Waals surface area (Å²) in [5.74, 6) is 1.65. The van der Waals surface area contributed by atoms with Crippen LogP contribution >= 0.6 is 11.8 Å². The molecule has 0 spiro atoms. The van der Waals surface area contributed by atoms with Crippen molar-refractivity contribution in [3.05, 3.63) is 52.5 Å². The van der Waals surface area contributed by atoms with Gasteiger partial charge in [0.25, 0.3) is 0 Å². The SMILES string of the molecule is Cc1cc(C)c(C(=O)C(C)Sc2nnc(-c3ccoc3C)n2C)cc1C. The van der Waals surface area contributed by atoms with E-state index >= 15 is 0 Å². The van der Waals surface area contributed by atoms with Gasteiger partial charge in [-0.05, 0) is 63.4 Å². The molecule has 0 bridgehead atoms. The molecule has 0 radical (unpaired) electrons. The van der Waals surface area contributed by atoms with Gasteiger partial charge in [-0.1, -0.05) is 17.8 Å². The predicted octanol–water partition coefficient (Wildman–Crippen LogP) is 4.67. The summed E-state index contributed by atoms with van der Waals surface area (Å²) in [6.45, 7) is 9.89. The first kappa shape index (κ1) is 18.5. The van der Waals surface area contributed by atoms with Crippen LogP contribution in [0.2, 0.25) is 0 Å². The quantitative estimate of drug-likeness (QED) is 0.483. The number of hydrogen-bond donors (Lipinski definition) is 0. The number of aromatic nitrogens is 3. The number of hydrogen-bond acceptors (Lipinski definition) is 5. The van der Waals surface area contributed by atoms with Crippen molar-refractivity contribution in [3.63, 3.8) is 0 Å². The standard InChI is InChI=1S/C20H23N3O2S/c1-11-9-13(3)17(10-12(11)2)18(24)15(5)26-20-22-21-19(23(20)6)16-7-8-25-14(16)4/h7-10,15H,1-6H3. The highest BCUT2D eigenvalue weighted by Crippen LogP contribution is 2.29. The summed E-state index contributed by atoms with van der Waals surface area (Å²) in [6.07, 6.45) is 1.64. The van der Waals surface area contributed by atoms with Gasteiger partial charge in [0, 0.05) is 12.6 Å². The summed E-state index contributed by atoms with van der Waals surface area (Å²) >= 11 is 1.43. The molecule has 1 atom stereocenters. The van der Waals surface area contributed by atoms with Gasteiger partial charge in [0.2, 0.25) is 0 Å². The molecule has 6 heteroatoms. The lowest BCUT2D eigenvalue weighted by Crippen LogP contribution is -2.16. The first-order valence-electron chi connectivity index (χ1n) is 8.52. The molecule has 0 amide bonds. The van der Waals surface area contributed by atoms with E-state index < -0.39 is 0 Å². The van der Waals surface area contributed by atoms with Crippen molar-refractivity contribution in [1.82, 2.24) is 14.8 Å². The van der Waals surface area contributed by atoms with Crippen LogP contribution < -0.4 is 0 Å². The van der Waals surface area contributed by atoms with Crippen molar-refractivity contribution >= 4 is 17.5 Å². The fourth-order valence-electron chi connectivity index (χ4n) is 2.93. The van der Waals surface area contributed by atoms with E-state index in [1.807, 2.05) is 51.4 Å². The summed E-state index contributed by atoms with van der Waals surface area (Å²) < 4.78 is 7.25. The van der Waals surface area contributed by atoms with E-state index in [-0.39, 0.29) is 11.0 Å². The topological polar surface area (TPSA) is 60.9 Å². The lowest BCUT2D eigenvalue weighted by Gasteiger charge is -2.13. The number of Topliss-reactive ketones (excluding diaryl/α,β-unsaturated/α-hetero) is 1. The Bertz CT molecular complexity index is 972. The fraction of sp³-hybridized carbons (Fsp3) is 0.350. The maximum Gasteiger partial charge on any atom is 0.191 e. The lowest BCUT2D eigenvalue weighted by atomic mass is 9.97. The van der Waals surface area contributed by atoms with E-state index in [9.17, 15) is 4.79 Å². The second-order valence-corrected chi connectivity index (χ2v) is 7.94. The Morgan fingerprint density at radius 1 is 1.12 bits per heavy atom. The van der Waals surface area contributed by atoms with Gasteiger partial charge in [-0.15, -0.1) is 10.2 Å². The number of carbonyl (C=O) groups is 1. The van der Waals surface area contributed by atoms with Crippen molar-refractivity contribution < 1.29 is 9.21 Å². The van der Waals surface area contributed by atoms with Crippen LogP contribution in [0.25, 0.3) is 11.4 Å². The number of aryl methyl sites for hydroxylation is 4. The van der Waals surface area contributed by atoms with Gasteiger partial charge >= 0.3 is 0 Å². The molecule has 0 saturated heterocycles. The van der Waals surface area contributed by atoms with Crippen molar-refractivity contribution in [3.8, 4) is 11.4 Å². The zero-order chi connectivity index (χ0) is 19.0. The number of ketones is 1. The first-order chi connectivity index (χ1) is 12.3. The second-order valence-electron chi connectivity index (χ2n) is 6.63. The van der Waals surface area contributed by atoms with Gasteiger partial charge in [0.15, 0.2) is 16.8 Å². The zero-order valence-corrected chi connectivity index (χ0v) is 16.8. The second kappa shape index (κ2) is 7.11. The van der Waals surface area contributed by atoms with Crippen LogP contribution in [-0.2, 0) is 7.05 Å². The summed E-state index contributed by atoms with van der Waals surface area (Å²) in [5, 5.41) is 8.99. The highest BCUT2D eigenvalue weighted by molar-refractivity contribution is 8.00. The van der Waals surface area contributed by atoms with Crippen LogP contribution in [0.3, 0.4) is 0 Å². The molecule has 0 N–H and O–H groups in total. The van der Waals surface area contributed by atoms with E-state index in [0.717, 1.165) is 33.8 Å². The van der Waals surface area contributed by atoms with Crippen molar-refractivity contribution in [2.24, 2.45) is 7.05 Å². The van der Waals surface area contributed by atoms with Crippen LogP contribution in [0.4, 0.5) is 0 Å². The number of furan rings is 1. The molecule has 5 nitrogen and oxygen atoms in total. The van der Waals surface area contributed by atoms with Crippen LogP contribution in [0.5, 0.6) is 0 Å². The predicted molar refractivity (Wildman–Crippen MR) is 104 cm³/mol. The Morgan fingerprint density at radius 3 is 2.46 bits per heavy atom. The summed E-state index contributed by atoms with van der Waals surface area (Å²) in [4.78, 5) is 12.9. The Morgan fingerprint density at radius 2 is 1.81 bits per heavy atom. The summed E-state index contributed by atoms with van der Waals surface area (Å²) in [6, 6.07) is 5.93. The minimum atomic E-state index is -0.253. The molecule has 0 fully saturated rings. The molecule has 0 aliphatic carbocycles. The molecule has 2 aromatic heterocycles. The van der Waals surface area contributed by atoms with E-state index in [4.69, 9.17) is 4.42 Å². The average Bonchev–Trinajstić information content (AvgIpc) is 3.16. The largest absolute Gasteiger partial charge is 0.469 e. The maximum absolute atomic E-state index is 12.9. The van der Waals surface area contributed by atoms with Gasteiger partial charge in [-0.3, -0.25) is 4.79 Å². The third-order valence-electron chi connectivity index (χ3n) is 4.69. The molecule has 1 aromatic carbocycles. The van der Waals surface area contributed by atoms with E-state index in [2.05, 4.69) is 23.2 Å². The Hall–Kier alpha value is -2.34. The number of benzene rings is 1. The molecular formula is C20H23N3O2S.